The van der Waals surface area contributed by atoms with Gasteiger partial charge in [-0.25, -0.2) is 0 Å². The van der Waals surface area contributed by atoms with E-state index in [2.05, 4.69) is 26.8 Å². The van der Waals surface area contributed by atoms with Crippen molar-refractivity contribution in [3.8, 4) is 0 Å². The number of aliphatic hydroxyl groups is 1. The summed E-state index contributed by atoms with van der Waals surface area (Å²) in [6.45, 7) is 8.80. The molecule has 1 atom stereocenters. The maximum atomic E-state index is 8.75. The van der Waals surface area contributed by atoms with Crippen molar-refractivity contribution in [2.45, 2.75) is 34.1 Å². The number of allylic oxidation sites excluding steroid dienone is 1. The fraction of sp³-hybridized carbons (Fsp3) is 0.800. The molecular formula is C10H20O. The lowest BCUT2D eigenvalue weighted by Gasteiger charge is -2.09. The highest BCUT2D eigenvalue weighted by Crippen LogP contribution is 2.13. The van der Waals surface area contributed by atoms with Crippen LogP contribution in [0.1, 0.15) is 34.1 Å². The van der Waals surface area contributed by atoms with Crippen molar-refractivity contribution in [3.05, 3.63) is 11.6 Å². The summed E-state index contributed by atoms with van der Waals surface area (Å²) < 4.78 is 0. The largest absolute Gasteiger partial charge is 0.392 e. The second-order valence-electron chi connectivity index (χ2n) is 3.78. The van der Waals surface area contributed by atoms with Crippen molar-refractivity contribution in [2.24, 2.45) is 11.8 Å². The van der Waals surface area contributed by atoms with E-state index in [9.17, 15) is 0 Å². The van der Waals surface area contributed by atoms with Gasteiger partial charge in [-0.05, 0) is 25.2 Å². The first kappa shape index (κ1) is 10.7. The molecule has 1 N–H and O–H groups in total. The van der Waals surface area contributed by atoms with E-state index in [-0.39, 0.29) is 6.61 Å². The maximum Gasteiger partial charge on any atom is 0.0639 e. The van der Waals surface area contributed by atoms with Crippen LogP contribution in [-0.2, 0) is 0 Å². The van der Waals surface area contributed by atoms with E-state index in [0.717, 1.165) is 11.5 Å². The summed E-state index contributed by atoms with van der Waals surface area (Å²) >= 11 is 0. The van der Waals surface area contributed by atoms with Crippen molar-refractivity contribution in [3.63, 3.8) is 0 Å². The lowest BCUT2D eigenvalue weighted by atomic mass is 9.97. The van der Waals surface area contributed by atoms with Crippen LogP contribution in [0.25, 0.3) is 0 Å². The molecule has 0 aliphatic heterocycles. The fourth-order valence-electron chi connectivity index (χ4n) is 1.35. The second-order valence-corrected chi connectivity index (χ2v) is 3.78. The van der Waals surface area contributed by atoms with Gasteiger partial charge in [0.15, 0.2) is 0 Å². The summed E-state index contributed by atoms with van der Waals surface area (Å²) in [6, 6.07) is 0. The smallest absolute Gasteiger partial charge is 0.0639 e. The van der Waals surface area contributed by atoms with Gasteiger partial charge in [0.1, 0.15) is 0 Å². The van der Waals surface area contributed by atoms with Gasteiger partial charge in [0.05, 0.1) is 6.61 Å². The lowest BCUT2D eigenvalue weighted by Crippen LogP contribution is -1.98. The summed E-state index contributed by atoms with van der Waals surface area (Å²) in [5.41, 5.74) is 1.08. The first-order valence-electron chi connectivity index (χ1n) is 4.34. The molecule has 0 bridgehead atoms. The third-order valence-electron chi connectivity index (χ3n) is 1.66. The van der Waals surface area contributed by atoms with Crippen LogP contribution >= 0.6 is 0 Å². The van der Waals surface area contributed by atoms with E-state index in [1.165, 1.54) is 6.42 Å². The van der Waals surface area contributed by atoms with Crippen LogP contribution in [0.4, 0.5) is 0 Å². The van der Waals surface area contributed by atoms with Gasteiger partial charge in [-0.1, -0.05) is 32.4 Å². The standard InChI is InChI=1S/C10H20O/c1-8(2)5-9(3)6-10(4)7-11/h6,8-9,11H,5,7H2,1-4H3/b10-6+/t9-/m1/s1. The monoisotopic (exact) mass is 156 g/mol. The van der Waals surface area contributed by atoms with Crippen molar-refractivity contribution in [1.29, 1.82) is 0 Å². The van der Waals surface area contributed by atoms with Crippen LogP contribution in [0, 0.1) is 11.8 Å². The second kappa shape index (κ2) is 5.36. The molecule has 0 saturated carbocycles. The molecule has 0 amide bonds. The average Bonchev–Trinajstić information content (AvgIpc) is 1.85. The average molecular weight is 156 g/mol. The summed E-state index contributed by atoms with van der Waals surface area (Å²) in [5, 5.41) is 8.75. The van der Waals surface area contributed by atoms with E-state index in [1.807, 2.05) is 6.92 Å². The molecule has 0 spiro atoms. The molecule has 0 radical (unpaired) electrons. The van der Waals surface area contributed by atoms with Gasteiger partial charge >= 0.3 is 0 Å². The number of hydrogen-bond donors (Lipinski definition) is 1. The Bertz CT molecular complexity index is 125. The Morgan fingerprint density at radius 2 is 1.91 bits per heavy atom. The van der Waals surface area contributed by atoms with Crippen molar-refractivity contribution in [2.75, 3.05) is 6.61 Å². The van der Waals surface area contributed by atoms with Gasteiger partial charge in [-0.2, -0.15) is 0 Å². The quantitative estimate of drug-likeness (QED) is 0.620. The topological polar surface area (TPSA) is 20.2 Å². The normalized spacial score (nSPS) is 15.6. The zero-order valence-corrected chi connectivity index (χ0v) is 8.09. The fourth-order valence-corrected chi connectivity index (χ4v) is 1.35. The Balaban J connectivity index is 3.75. The third-order valence-corrected chi connectivity index (χ3v) is 1.66. The van der Waals surface area contributed by atoms with Gasteiger partial charge in [0, 0.05) is 0 Å². The highest BCUT2D eigenvalue weighted by Gasteiger charge is 2.01. The summed E-state index contributed by atoms with van der Waals surface area (Å²) in [4.78, 5) is 0. The molecule has 66 valence electrons. The van der Waals surface area contributed by atoms with Crippen molar-refractivity contribution >= 4 is 0 Å². The molecule has 0 rings (SSSR count). The Morgan fingerprint density at radius 1 is 1.36 bits per heavy atom. The molecule has 0 aromatic carbocycles. The molecule has 0 aromatic heterocycles. The number of aliphatic hydroxyl groups excluding tert-OH is 1. The maximum absolute atomic E-state index is 8.75. The molecule has 0 aromatic rings. The van der Waals surface area contributed by atoms with Crippen molar-refractivity contribution in [1.82, 2.24) is 0 Å². The Hall–Kier alpha value is -0.300. The molecule has 0 aliphatic rings. The molecular weight excluding hydrogens is 136 g/mol. The molecule has 1 heteroatoms. The van der Waals surface area contributed by atoms with Gasteiger partial charge in [0.2, 0.25) is 0 Å². The van der Waals surface area contributed by atoms with E-state index in [0.29, 0.717) is 5.92 Å². The SMILES string of the molecule is C/C(=C\[C@H](C)CC(C)C)CO. The van der Waals surface area contributed by atoms with E-state index in [4.69, 9.17) is 5.11 Å². The van der Waals surface area contributed by atoms with Crippen LogP contribution in [0.15, 0.2) is 11.6 Å². The van der Waals surface area contributed by atoms with Crippen LogP contribution in [0.3, 0.4) is 0 Å². The van der Waals surface area contributed by atoms with Crippen LogP contribution in [0.2, 0.25) is 0 Å². The molecule has 1 nitrogen and oxygen atoms in total. The summed E-state index contributed by atoms with van der Waals surface area (Å²) in [6.07, 6.45) is 3.36. The minimum atomic E-state index is 0.197. The predicted molar refractivity (Wildman–Crippen MR) is 49.5 cm³/mol. The predicted octanol–water partition coefficient (Wildman–Crippen LogP) is 2.61. The summed E-state index contributed by atoms with van der Waals surface area (Å²) in [7, 11) is 0. The Kier molecular flexibility index (Phi) is 5.22. The Labute approximate surface area is 70.1 Å². The van der Waals surface area contributed by atoms with Gasteiger partial charge in [-0.3, -0.25) is 0 Å². The molecule has 0 saturated heterocycles. The zero-order chi connectivity index (χ0) is 8.85. The number of rotatable bonds is 4. The first-order chi connectivity index (χ1) is 5.06. The van der Waals surface area contributed by atoms with E-state index < -0.39 is 0 Å². The summed E-state index contributed by atoms with van der Waals surface area (Å²) in [5.74, 6) is 1.34. The molecule has 0 aliphatic carbocycles. The first-order valence-corrected chi connectivity index (χ1v) is 4.34. The minimum absolute atomic E-state index is 0.197. The Morgan fingerprint density at radius 3 is 2.27 bits per heavy atom. The van der Waals surface area contributed by atoms with Crippen LogP contribution in [-0.4, -0.2) is 11.7 Å². The van der Waals surface area contributed by atoms with E-state index >= 15 is 0 Å². The minimum Gasteiger partial charge on any atom is -0.392 e. The number of hydrogen-bond acceptors (Lipinski definition) is 1. The van der Waals surface area contributed by atoms with Crippen molar-refractivity contribution < 1.29 is 5.11 Å². The third kappa shape index (κ3) is 6.11. The van der Waals surface area contributed by atoms with Gasteiger partial charge in [0.25, 0.3) is 0 Å². The lowest BCUT2D eigenvalue weighted by molar-refractivity contribution is 0.329. The molecule has 0 unspecified atom stereocenters. The molecule has 11 heavy (non-hydrogen) atoms. The van der Waals surface area contributed by atoms with Crippen LogP contribution in [0.5, 0.6) is 0 Å². The van der Waals surface area contributed by atoms with Gasteiger partial charge in [-0.15, -0.1) is 0 Å². The molecule has 0 heterocycles. The zero-order valence-electron chi connectivity index (χ0n) is 8.09. The highest BCUT2D eigenvalue weighted by molar-refractivity contribution is 5.00. The van der Waals surface area contributed by atoms with E-state index in [1.54, 1.807) is 0 Å². The van der Waals surface area contributed by atoms with Gasteiger partial charge < -0.3 is 5.11 Å². The molecule has 0 fully saturated rings. The van der Waals surface area contributed by atoms with Crippen LogP contribution < -0.4 is 0 Å². The highest BCUT2D eigenvalue weighted by atomic mass is 16.3.